The Kier molecular flexibility index (Phi) is 4.15. The first kappa shape index (κ1) is 14.6. The predicted molar refractivity (Wildman–Crippen MR) is 81.3 cm³/mol. The molecule has 1 atom stereocenters. The van der Waals surface area contributed by atoms with Crippen molar-refractivity contribution in [3.05, 3.63) is 41.5 Å². The number of rotatable bonds is 5. The lowest BCUT2D eigenvalue weighted by Gasteiger charge is -2.16. The van der Waals surface area contributed by atoms with Gasteiger partial charge in [0, 0.05) is 32.0 Å². The van der Waals surface area contributed by atoms with Gasteiger partial charge < -0.3 is 10.6 Å². The van der Waals surface area contributed by atoms with Crippen molar-refractivity contribution in [3.8, 4) is 0 Å². The second-order valence-corrected chi connectivity index (χ2v) is 5.74. The summed E-state index contributed by atoms with van der Waals surface area (Å²) < 4.78 is 1.76. The number of nitrogens with zero attached hydrogens (tertiary/aromatic N) is 5. The lowest BCUT2D eigenvalue weighted by atomic mass is 10.1. The predicted octanol–water partition coefficient (Wildman–Crippen LogP) is 0.570. The van der Waals surface area contributed by atoms with E-state index in [1.165, 1.54) is 11.1 Å². The summed E-state index contributed by atoms with van der Waals surface area (Å²) in [5.74, 6) is -0.533. The SMILES string of the molecule is Cc1cnccc1CCN1CCC(n2cc(C(N)=O)nn2)C1. The molecule has 0 radical (unpaired) electrons. The van der Waals surface area contributed by atoms with E-state index >= 15 is 0 Å². The highest BCUT2D eigenvalue weighted by molar-refractivity contribution is 5.90. The molecule has 0 aromatic carbocycles. The smallest absolute Gasteiger partial charge is 0.270 e. The highest BCUT2D eigenvalue weighted by Crippen LogP contribution is 2.21. The van der Waals surface area contributed by atoms with Crippen LogP contribution < -0.4 is 5.73 Å². The molecule has 1 aliphatic heterocycles. The van der Waals surface area contributed by atoms with E-state index in [-0.39, 0.29) is 11.7 Å². The summed E-state index contributed by atoms with van der Waals surface area (Å²) in [6.07, 6.45) is 7.42. The Bertz CT molecular complexity index is 668. The number of likely N-dealkylation sites (tertiary alicyclic amines) is 1. The molecule has 1 aliphatic rings. The molecule has 1 fully saturated rings. The minimum absolute atomic E-state index is 0.228. The largest absolute Gasteiger partial charge is 0.364 e. The minimum Gasteiger partial charge on any atom is -0.364 e. The number of pyridine rings is 1. The van der Waals surface area contributed by atoms with Crippen molar-refractivity contribution in [1.29, 1.82) is 0 Å². The monoisotopic (exact) mass is 300 g/mol. The second kappa shape index (κ2) is 6.23. The molecule has 2 aromatic rings. The van der Waals surface area contributed by atoms with Gasteiger partial charge in [0.25, 0.3) is 5.91 Å². The van der Waals surface area contributed by atoms with Crippen molar-refractivity contribution >= 4 is 5.91 Å². The molecule has 22 heavy (non-hydrogen) atoms. The van der Waals surface area contributed by atoms with Gasteiger partial charge in [-0.1, -0.05) is 5.21 Å². The number of nitrogens with two attached hydrogens (primary N) is 1. The summed E-state index contributed by atoms with van der Waals surface area (Å²) in [4.78, 5) is 17.6. The standard InChI is InChI=1S/C15H20N6O/c1-11-8-17-5-2-12(11)3-6-20-7-4-13(9-20)21-10-14(15(16)22)18-19-21/h2,5,8,10,13H,3-4,6-7,9H2,1H3,(H2,16,22). The Hall–Kier alpha value is -2.28. The Labute approximate surface area is 129 Å². The molecule has 0 saturated carbocycles. The first-order chi connectivity index (χ1) is 10.6. The summed E-state index contributed by atoms with van der Waals surface area (Å²) >= 11 is 0. The van der Waals surface area contributed by atoms with Crippen LogP contribution in [0, 0.1) is 6.92 Å². The van der Waals surface area contributed by atoms with Crippen LogP contribution in [-0.4, -0.2) is 50.4 Å². The molecule has 3 rings (SSSR count). The molecule has 1 amide bonds. The van der Waals surface area contributed by atoms with E-state index in [0.717, 1.165) is 32.5 Å². The zero-order valence-electron chi connectivity index (χ0n) is 12.6. The van der Waals surface area contributed by atoms with Crippen molar-refractivity contribution < 1.29 is 4.79 Å². The van der Waals surface area contributed by atoms with Crippen LogP contribution in [-0.2, 0) is 6.42 Å². The molecule has 2 N–H and O–H groups in total. The van der Waals surface area contributed by atoms with Crippen molar-refractivity contribution in [2.75, 3.05) is 19.6 Å². The Balaban J connectivity index is 1.56. The van der Waals surface area contributed by atoms with E-state index in [1.54, 1.807) is 10.9 Å². The Morgan fingerprint density at radius 3 is 3.09 bits per heavy atom. The highest BCUT2D eigenvalue weighted by atomic mass is 16.1. The molecule has 7 heteroatoms. The van der Waals surface area contributed by atoms with Gasteiger partial charge in [0.15, 0.2) is 5.69 Å². The van der Waals surface area contributed by atoms with E-state index < -0.39 is 5.91 Å². The van der Waals surface area contributed by atoms with Crippen molar-refractivity contribution in [2.45, 2.75) is 25.8 Å². The summed E-state index contributed by atoms with van der Waals surface area (Å²) in [6, 6.07) is 2.35. The van der Waals surface area contributed by atoms with Crippen LogP contribution in [0.3, 0.4) is 0 Å². The summed E-state index contributed by atoms with van der Waals surface area (Å²) in [6.45, 7) is 5.06. The van der Waals surface area contributed by atoms with E-state index in [1.807, 2.05) is 12.4 Å². The van der Waals surface area contributed by atoms with Crippen LogP contribution >= 0.6 is 0 Å². The number of carbonyl (C=O) groups is 1. The van der Waals surface area contributed by atoms with Crippen LogP contribution in [0.1, 0.15) is 34.1 Å². The summed E-state index contributed by atoms with van der Waals surface area (Å²) in [5.41, 5.74) is 8.02. The zero-order valence-corrected chi connectivity index (χ0v) is 12.6. The average Bonchev–Trinajstić information content (AvgIpc) is 3.15. The molecule has 116 valence electrons. The molecule has 0 spiro atoms. The maximum atomic E-state index is 11.1. The lowest BCUT2D eigenvalue weighted by molar-refractivity contribution is 0.0995. The van der Waals surface area contributed by atoms with Gasteiger partial charge in [-0.2, -0.15) is 0 Å². The topological polar surface area (TPSA) is 89.9 Å². The van der Waals surface area contributed by atoms with Gasteiger partial charge in [-0.25, -0.2) is 4.68 Å². The molecular weight excluding hydrogens is 280 g/mol. The zero-order chi connectivity index (χ0) is 15.5. The lowest BCUT2D eigenvalue weighted by Crippen LogP contribution is -2.24. The third-order valence-corrected chi connectivity index (χ3v) is 4.22. The molecule has 2 aromatic heterocycles. The van der Waals surface area contributed by atoms with E-state index in [0.29, 0.717) is 0 Å². The van der Waals surface area contributed by atoms with E-state index in [4.69, 9.17) is 5.73 Å². The number of aryl methyl sites for hydroxylation is 1. The summed E-state index contributed by atoms with van der Waals surface area (Å²) in [5, 5.41) is 7.82. The van der Waals surface area contributed by atoms with Gasteiger partial charge in [-0.15, -0.1) is 5.10 Å². The van der Waals surface area contributed by atoms with Gasteiger partial charge in [0.05, 0.1) is 12.2 Å². The van der Waals surface area contributed by atoms with Crippen LogP contribution in [0.5, 0.6) is 0 Å². The average molecular weight is 300 g/mol. The Morgan fingerprint density at radius 2 is 2.36 bits per heavy atom. The van der Waals surface area contributed by atoms with E-state index in [9.17, 15) is 4.79 Å². The molecule has 1 unspecified atom stereocenters. The first-order valence-corrected chi connectivity index (χ1v) is 7.47. The fourth-order valence-electron chi connectivity index (χ4n) is 2.86. The fraction of sp³-hybridized carbons (Fsp3) is 0.467. The molecular formula is C15H20N6O. The molecule has 7 nitrogen and oxygen atoms in total. The van der Waals surface area contributed by atoms with Gasteiger partial charge >= 0.3 is 0 Å². The first-order valence-electron chi connectivity index (χ1n) is 7.47. The fourth-order valence-corrected chi connectivity index (χ4v) is 2.86. The number of aromatic nitrogens is 4. The highest BCUT2D eigenvalue weighted by Gasteiger charge is 2.25. The van der Waals surface area contributed by atoms with Crippen LogP contribution in [0.25, 0.3) is 0 Å². The van der Waals surface area contributed by atoms with Crippen LogP contribution in [0.15, 0.2) is 24.7 Å². The third kappa shape index (κ3) is 3.14. The maximum Gasteiger partial charge on any atom is 0.270 e. The molecule has 1 saturated heterocycles. The number of hydrogen-bond acceptors (Lipinski definition) is 5. The number of carbonyl (C=O) groups excluding carboxylic acids is 1. The minimum atomic E-state index is -0.533. The second-order valence-electron chi connectivity index (χ2n) is 5.74. The van der Waals surface area contributed by atoms with Gasteiger partial charge in [0.2, 0.25) is 0 Å². The van der Waals surface area contributed by atoms with Gasteiger partial charge in [0.1, 0.15) is 0 Å². The van der Waals surface area contributed by atoms with Gasteiger partial charge in [-0.3, -0.25) is 9.78 Å². The molecule has 3 heterocycles. The molecule has 0 aliphatic carbocycles. The van der Waals surface area contributed by atoms with E-state index in [2.05, 4.69) is 33.2 Å². The van der Waals surface area contributed by atoms with Crippen LogP contribution in [0.4, 0.5) is 0 Å². The number of amides is 1. The van der Waals surface area contributed by atoms with Crippen molar-refractivity contribution in [2.24, 2.45) is 5.73 Å². The molecule has 0 bridgehead atoms. The van der Waals surface area contributed by atoms with Gasteiger partial charge in [-0.05, 0) is 37.0 Å². The van der Waals surface area contributed by atoms with Crippen LogP contribution in [0.2, 0.25) is 0 Å². The Morgan fingerprint density at radius 1 is 1.50 bits per heavy atom. The van der Waals surface area contributed by atoms with Crippen molar-refractivity contribution in [1.82, 2.24) is 24.9 Å². The van der Waals surface area contributed by atoms with Crippen molar-refractivity contribution in [3.63, 3.8) is 0 Å². The summed E-state index contributed by atoms with van der Waals surface area (Å²) in [7, 11) is 0. The number of primary amides is 1. The number of hydrogen-bond donors (Lipinski definition) is 1. The third-order valence-electron chi connectivity index (χ3n) is 4.22. The normalized spacial score (nSPS) is 18.7. The quantitative estimate of drug-likeness (QED) is 0.872. The maximum absolute atomic E-state index is 11.1.